The Morgan fingerprint density at radius 3 is 2.29 bits per heavy atom. The van der Waals surface area contributed by atoms with Gasteiger partial charge in [0.25, 0.3) is 0 Å². The van der Waals surface area contributed by atoms with Crippen LogP contribution in [0.2, 0.25) is 0 Å². The SMILES string of the molecule is CC(=O)O[C@H]1CC[C@@]2(C)C(=CC[C@@H]3[C@@H]2CC[C@@]2(C)[C@H]3C[C@H]3C(c4ccccc4)=N[C@H](c4ccccc4)[C@]32C(C)=O)C1. The predicted molar refractivity (Wildman–Crippen MR) is 161 cm³/mol. The predicted octanol–water partition coefficient (Wildman–Crippen LogP) is 7.93. The molecule has 3 saturated carbocycles. The summed E-state index contributed by atoms with van der Waals surface area (Å²) in [4.78, 5) is 31.5. The summed E-state index contributed by atoms with van der Waals surface area (Å²) in [7, 11) is 0. The number of aliphatic imine (C=N–C) groups is 1. The molecule has 0 bridgehead atoms. The molecular formula is C37H43NO3. The average Bonchev–Trinajstić information content (AvgIpc) is 3.45. The van der Waals surface area contributed by atoms with Crippen LogP contribution in [0, 0.1) is 39.9 Å². The zero-order valence-electron chi connectivity index (χ0n) is 24.9. The highest BCUT2D eigenvalue weighted by molar-refractivity contribution is 6.08. The topological polar surface area (TPSA) is 55.7 Å². The van der Waals surface area contributed by atoms with Gasteiger partial charge >= 0.3 is 5.97 Å². The first-order valence-corrected chi connectivity index (χ1v) is 15.8. The fraction of sp³-hybridized carbons (Fsp3) is 0.541. The van der Waals surface area contributed by atoms with Crippen LogP contribution in [0.3, 0.4) is 0 Å². The molecule has 2 aromatic rings. The van der Waals surface area contributed by atoms with E-state index in [9.17, 15) is 9.59 Å². The number of hydrogen-bond acceptors (Lipinski definition) is 4. The Hall–Kier alpha value is -3.01. The lowest BCUT2D eigenvalue weighted by Gasteiger charge is -2.60. The quantitative estimate of drug-likeness (QED) is 0.287. The van der Waals surface area contributed by atoms with Gasteiger partial charge in [-0.2, -0.15) is 0 Å². The maximum atomic E-state index is 14.3. The van der Waals surface area contributed by atoms with Gasteiger partial charge in [0.15, 0.2) is 0 Å². The highest BCUT2D eigenvalue weighted by atomic mass is 16.5. The third-order valence-corrected chi connectivity index (χ3v) is 12.6. The molecule has 0 N–H and O–H groups in total. The molecule has 0 spiro atoms. The fourth-order valence-electron chi connectivity index (χ4n) is 10.9. The van der Waals surface area contributed by atoms with Gasteiger partial charge < -0.3 is 4.74 Å². The van der Waals surface area contributed by atoms with Gasteiger partial charge in [-0.25, -0.2) is 0 Å². The van der Waals surface area contributed by atoms with Crippen molar-refractivity contribution in [3.63, 3.8) is 0 Å². The van der Waals surface area contributed by atoms with Crippen LogP contribution in [0.25, 0.3) is 0 Å². The summed E-state index contributed by atoms with van der Waals surface area (Å²) in [5.41, 5.74) is 4.48. The molecule has 1 heterocycles. The van der Waals surface area contributed by atoms with Gasteiger partial charge in [-0.15, -0.1) is 0 Å². The fourth-order valence-corrected chi connectivity index (χ4v) is 10.9. The molecule has 0 aromatic heterocycles. The molecule has 214 valence electrons. The number of allylic oxidation sites excluding steroid dienone is 1. The van der Waals surface area contributed by atoms with Gasteiger partial charge in [-0.05, 0) is 85.2 Å². The van der Waals surface area contributed by atoms with E-state index in [1.165, 1.54) is 23.6 Å². The lowest BCUT2D eigenvalue weighted by Crippen LogP contribution is -2.56. The van der Waals surface area contributed by atoms with Crippen LogP contribution in [0.5, 0.6) is 0 Å². The van der Waals surface area contributed by atoms with Crippen LogP contribution in [-0.2, 0) is 14.3 Å². The van der Waals surface area contributed by atoms with E-state index < -0.39 is 5.41 Å². The first-order valence-electron chi connectivity index (χ1n) is 15.8. The number of fused-ring (bicyclic) bond motifs is 7. The zero-order chi connectivity index (χ0) is 28.6. The molecule has 4 aliphatic carbocycles. The molecule has 0 saturated heterocycles. The minimum atomic E-state index is -0.535. The van der Waals surface area contributed by atoms with E-state index in [0.717, 1.165) is 50.7 Å². The van der Waals surface area contributed by atoms with Crippen molar-refractivity contribution in [2.75, 3.05) is 0 Å². The van der Waals surface area contributed by atoms with E-state index in [2.05, 4.69) is 80.6 Å². The molecule has 4 nitrogen and oxygen atoms in total. The van der Waals surface area contributed by atoms with Gasteiger partial charge in [0.1, 0.15) is 11.9 Å². The van der Waals surface area contributed by atoms with E-state index in [0.29, 0.717) is 23.5 Å². The number of Topliss-reactive ketones (excluding diaryl/α,β-unsaturated/α-hetero) is 1. The third-order valence-electron chi connectivity index (χ3n) is 12.6. The van der Waals surface area contributed by atoms with Crippen molar-refractivity contribution in [2.24, 2.45) is 44.9 Å². The van der Waals surface area contributed by atoms with E-state index in [1.807, 2.05) is 6.92 Å². The van der Waals surface area contributed by atoms with Crippen LogP contribution < -0.4 is 0 Å². The molecular weight excluding hydrogens is 506 g/mol. The molecule has 5 aliphatic rings. The first kappa shape index (κ1) is 26.9. The Morgan fingerprint density at radius 1 is 0.902 bits per heavy atom. The molecule has 7 rings (SSSR count). The van der Waals surface area contributed by atoms with E-state index in [4.69, 9.17) is 9.73 Å². The molecule has 4 heteroatoms. The second-order valence-electron chi connectivity index (χ2n) is 14.1. The summed E-state index contributed by atoms with van der Waals surface area (Å²) < 4.78 is 5.67. The van der Waals surface area contributed by atoms with E-state index >= 15 is 0 Å². The highest BCUT2D eigenvalue weighted by Crippen LogP contribution is 2.76. The molecule has 41 heavy (non-hydrogen) atoms. The minimum Gasteiger partial charge on any atom is -0.462 e. The van der Waals surface area contributed by atoms with Gasteiger partial charge in [0.05, 0.1) is 11.5 Å². The van der Waals surface area contributed by atoms with E-state index in [-0.39, 0.29) is 34.9 Å². The maximum absolute atomic E-state index is 14.3. The highest BCUT2D eigenvalue weighted by Gasteiger charge is 2.74. The summed E-state index contributed by atoms with van der Waals surface area (Å²) in [5.74, 6) is 1.90. The van der Waals surface area contributed by atoms with Gasteiger partial charge in [-0.1, -0.05) is 86.2 Å². The van der Waals surface area contributed by atoms with Crippen molar-refractivity contribution >= 4 is 17.5 Å². The molecule has 2 aromatic carbocycles. The maximum Gasteiger partial charge on any atom is 0.302 e. The van der Waals surface area contributed by atoms with Crippen LogP contribution in [0.4, 0.5) is 0 Å². The molecule has 0 unspecified atom stereocenters. The summed E-state index contributed by atoms with van der Waals surface area (Å²) in [5, 5.41) is 0. The Morgan fingerprint density at radius 2 is 1.61 bits per heavy atom. The number of nitrogens with zero attached hydrogens (tertiary/aromatic N) is 1. The molecule has 0 radical (unpaired) electrons. The second kappa shape index (κ2) is 9.51. The lowest BCUT2D eigenvalue weighted by atomic mass is 9.44. The number of ether oxygens (including phenoxy) is 1. The number of esters is 1. The monoisotopic (exact) mass is 549 g/mol. The lowest BCUT2D eigenvalue weighted by molar-refractivity contribution is -0.150. The van der Waals surface area contributed by atoms with Gasteiger partial charge in [0, 0.05) is 25.0 Å². The number of carbonyl (C=O) groups excluding carboxylic acids is 2. The second-order valence-corrected chi connectivity index (χ2v) is 14.1. The number of ketones is 1. The minimum absolute atomic E-state index is 0.0142. The Kier molecular flexibility index (Phi) is 6.23. The number of benzene rings is 2. The summed E-state index contributed by atoms with van der Waals surface area (Å²) in [6.45, 7) is 8.34. The largest absolute Gasteiger partial charge is 0.462 e. The normalized spacial score (nSPS) is 40.8. The Bertz CT molecular complexity index is 1430. The smallest absolute Gasteiger partial charge is 0.302 e. The number of rotatable bonds is 4. The average molecular weight is 550 g/mol. The van der Waals surface area contributed by atoms with E-state index in [1.54, 1.807) is 0 Å². The number of hydrogen-bond donors (Lipinski definition) is 0. The van der Waals surface area contributed by atoms with Crippen molar-refractivity contribution in [3.05, 3.63) is 83.4 Å². The zero-order valence-corrected chi connectivity index (χ0v) is 24.9. The van der Waals surface area contributed by atoms with Crippen molar-refractivity contribution < 1.29 is 14.3 Å². The van der Waals surface area contributed by atoms with Crippen LogP contribution in [0.1, 0.15) is 89.8 Å². The molecule has 1 aliphatic heterocycles. The first-order chi connectivity index (χ1) is 19.7. The van der Waals surface area contributed by atoms with Crippen molar-refractivity contribution in [2.45, 2.75) is 84.8 Å². The third kappa shape index (κ3) is 3.68. The van der Waals surface area contributed by atoms with Gasteiger partial charge in [-0.3, -0.25) is 14.6 Å². The Labute approximate surface area is 244 Å². The molecule has 0 amide bonds. The van der Waals surface area contributed by atoms with Crippen LogP contribution >= 0.6 is 0 Å². The van der Waals surface area contributed by atoms with Crippen molar-refractivity contribution in [1.82, 2.24) is 0 Å². The molecule has 9 atom stereocenters. The standard InChI is InChI=1S/C37H43NO3/c1-23(39)37-32(33(25-11-7-5-8-12-25)38-34(37)26-13-9-6-10-14-26)22-31-29-16-15-27-21-28(41-24(2)40)17-19-35(27,3)30(29)18-20-36(31,37)4/h5-15,28-32,34H,16-22H2,1-4H3/t28-,29+,30-,31-,32-,34+,35-,36-,37-/m0/s1. The summed E-state index contributed by atoms with van der Waals surface area (Å²) >= 11 is 0. The van der Waals surface area contributed by atoms with Crippen LogP contribution in [0.15, 0.2) is 77.3 Å². The van der Waals surface area contributed by atoms with Crippen molar-refractivity contribution in [3.8, 4) is 0 Å². The number of carbonyl (C=O) groups is 2. The van der Waals surface area contributed by atoms with Crippen molar-refractivity contribution in [1.29, 1.82) is 0 Å². The molecule has 3 fully saturated rings. The summed E-state index contributed by atoms with van der Waals surface area (Å²) in [6.07, 6.45) is 9.73. The van der Waals surface area contributed by atoms with Gasteiger partial charge in [0.2, 0.25) is 0 Å². The summed E-state index contributed by atoms with van der Waals surface area (Å²) in [6, 6.07) is 21.1. The Balaban J connectivity index is 1.32. The van der Waals surface area contributed by atoms with Crippen LogP contribution in [-0.4, -0.2) is 23.6 Å².